The van der Waals surface area contributed by atoms with Gasteiger partial charge in [0.05, 0.1) is 4.88 Å². The molecule has 102 valence electrons. The summed E-state index contributed by atoms with van der Waals surface area (Å²) in [4.78, 5) is 23.2. The molecule has 2 rings (SSSR count). The second-order valence-electron chi connectivity index (χ2n) is 4.58. The highest BCUT2D eigenvalue weighted by molar-refractivity contribution is 7.15. The van der Waals surface area contributed by atoms with Crippen LogP contribution in [0.15, 0.2) is 23.8 Å². The van der Waals surface area contributed by atoms with E-state index in [1.165, 1.54) is 24.5 Å². The molecule has 5 heteroatoms. The summed E-state index contributed by atoms with van der Waals surface area (Å²) in [6.07, 6.45) is 7.95. The SMILES string of the molecule is O=C(O)c1ccc(C(=O)NCCC2=CCCCC2)s1. The van der Waals surface area contributed by atoms with Gasteiger partial charge in [-0.15, -0.1) is 11.3 Å². The van der Waals surface area contributed by atoms with Gasteiger partial charge in [0.2, 0.25) is 0 Å². The first-order valence-electron chi connectivity index (χ1n) is 6.46. The van der Waals surface area contributed by atoms with Crippen molar-refractivity contribution in [1.82, 2.24) is 5.32 Å². The van der Waals surface area contributed by atoms with E-state index in [1.54, 1.807) is 6.07 Å². The summed E-state index contributed by atoms with van der Waals surface area (Å²) in [6, 6.07) is 3.02. The first kappa shape index (κ1) is 13.8. The van der Waals surface area contributed by atoms with Gasteiger partial charge >= 0.3 is 5.97 Å². The average Bonchev–Trinajstić information content (AvgIpc) is 2.89. The molecule has 1 aromatic rings. The minimum absolute atomic E-state index is 0.186. The molecule has 2 N–H and O–H groups in total. The Morgan fingerprint density at radius 1 is 1.26 bits per heavy atom. The highest BCUT2D eigenvalue weighted by Gasteiger charge is 2.12. The van der Waals surface area contributed by atoms with Crippen molar-refractivity contribution in [3.63, 3.8) is 0 Å². The number of thiophene rings is 1. The van der Waals surface area contributed by atoms with Gasteiger partial charge in [0.25, 0.3) is 5.91 Å². The van der Waals surface area contributed by atoms with Crippen LogP contribution in [0.1, 0.15) is 51.4 Å². The predicted octanol–water partition coefficient (Wildman–Crippen LogP) is 3.07. The van der Waals surface area contributed by atoms with Gasteiger partial charge in [-0.05, 0) is 44.2 Å². The average molecular weight is 279 g/mol. The Bertz CT molecular complexity index is 505. The lowest BCUT2D eigenvalue weighted by Crippen LogP contribution is -2.24. The molecular weight excluding hydrogens is 262 g/mol. The van der Waals surface area contributed by atoms with Crippen LogP contribution in [0.3, 0.4) is 0 Å². The van der Waals surface area contributed by atoms with E-state index in [0.29, 0.717) is 11.4 Å². The Hall–Kier alpha value is -1.62. The third-order valence-corrected chi connectivity index (χ3v) is 4.23. The molecule has 19 heavy (non-hydrogen) atoms. The fourth-order valence-corrected chi connectivity index (χ4v) is 2.89. The molecule has 0 spiro atoms. The molecule has 4 nitrogen and oxygen atoms in total. The largest absolute Gasteiger partial charge is 0.477 e. The van der Waals surface area contributed by atoms with Crippen molar-refractivity contribution < 1.29 is 14.7 Å². The maximum absolute atomic E-state index is 11.8. The van der Waals surface area contributed by atoms with Gasteiger partial charge in [0.15, 0.2) is 0 Å². The molecule has 0 aromatic carbocycles. The second kappa shape index (κ2) is 6.52. The summed E-state index contributed by atoms with van der Waals surface area (Å²) in [7, 11) is 0. The Balaban J connectivity index is 1.80. The van der Waals surface area contributed by atoms with Crippen LogP contribution in [-0.4, -0.2) is 23.5 Å². The minimum Gasteiger partial charge on any atom is -0.477 e. The Kier molecular flexibility index (Phi) is 4.74. The topological polar surface area (TPSA) is 66.4 Å². The third kappa shape index (κ3) is 3.92. The number of hydrogen-bond acceptors (Lipinski definition) is 3. The maximum atomic E-state index is 11.8. The third-order valence-electron chi connectivity index (χ3n) is 3.16. The van der Waals surface area contributed by atoms with Crippen molar-refractivity contribution in [1.29, 1.82) is 0 Å². The van der Waals surface area contributed by atoms with Crippen molar-refractivity contribution in [2.75, 3.05) is 6.54 Å². The lowest BCUT2D eigenvalue weighted by Gasteiger charge is -2.12. The smallest absolute Gasteiger partial charge is 0.345 e. The number of amides is 1. The van der Waals surface area contributed by atoms with E-state index in [-0.39, 0.29) is 10.8 Å². The van der Waals surface area contributed by atoms with Gasteiger partial charge in [-0.25, -0.2) is 4.79 Å². The summed E-state index contributed by atoms with van der Waals surface area (Å²) in [5, 5.41) is 11.6. The van der Waals surface area contributed by atoms with Crippen molar-refractivity contribution in [3.05, 3.63) is 33.5 Å². The highest BCUT2D eigenvalue weighted by atomic mass is 32.1. The molecule has 0 saturated heterocycles. The van der Waals surface area contributed by atoms with E-state index in [1.807, 2.05) is 0 Å². The van der Waals surface area contributed by atoms with Crippen LogP contribution >= 0.6 is 11.3 Å². The van der Waals surface area contributed by atoms with Crippen molar-refractivity contribution >= 4 is 23.2 Å². The molecule has 0 bridgehead atoms. The normalized spacial score (nSPS) is 14.8. The second-order valence-corrected chi connectivity index (χ2v) is 5.67. The number of allylic oxidation sites excluding steroid dienone is 1. The molecule has 1 aliphatic rings. The monoisotopic (exact) mass is 279 g/mol. The Morgan fingerprint density at radius 3 is 2.68 bits per heavy atom. The van der Waals surface area contributed by atoms with Crippen molar-refractivity contribution in [3.8, 4) is 0 Å². The Morgan fingerprint density at radius 2 is 2.05 bits per heavy atom. The first-order chi connectivity index (χ1) is 9.16. The van der Waals surface area contributed by atoms with E-state index in [2.05, 4.69) is 11.4 Å². The van der Waals surface area contributed by atoms with Gasteiger partial charge in [0, 0.05) is 6.54 Å². The van der Waals surface area contributed by atoms with Crippen LogP contribution in [0.25, 0.3) is 0 Å². The van der Waals surface area contributed by atoms with E-state index in [0.717, 1.165) is 30.6 Å². The number of hydrogen-bond donors (Lipinski definition) is 2. The number of carbonyl (C=O) groups excluding carboxylic acids is 1. The fourth-order valence-electron chi connectivity index (χ4n) is 2.13. The van der Waals surface area contributed by atoms with Crippen molar-refractivity contribution in [2.24, 2.45) is 0 Å². The van der Waals surface area contributed by atoms with Gasteiger partial charge in [-0.1, -0.05) is 11.6 Å². The summed E-state index contributed by atoms with van der Waals surface area (Å²) in [6.45, 7) is 0.616. The number of nitrogens with one attached hydrogen (secondary N) is 1. The van der Waals surface area contributed by atoms with Crippen LogP contribution in [0, 0.1) is 0 Å². The summed E-state index contributed by atoms with van der Waals surface area (Å²) in [5.74, 6) is -1.18. The summed E-state index contributed by atoms with van der Waals surface area (Å²) >= 11 is 1.01. The first-order valence-corrected chi connectivity index (χ1v) is 7.27. The molecule has 1 amide bonds. The standard InChI is InChI=1S/C14H17NO3S/c16-13(11-6-7-12(19-11)14(17)18)15-9-8-10-4-2-1-3-5-10/h4,6-7H,1-3,5,8-9H2,(H,15,16)(H,17,18). The number of rotatable bonds is 5. The molecule has 1 aliphatic carbocycles. The highest BCUT2D eigenvalue weighted by Crippen LogP contribution is 2.20. The van der Waals surface area contributed by atoms with E-state index < -0.39 is 5.97 Å². The van der Waals surface area contributed by atoms with E-state index in [9.17, 15) is 9.59 Å². The van der Waals surface area contributed by atoms with Crippen LogP contribution in [0.2, 0.25) is 0 Å². The molecule has 0 saturated carbocycles. The lowest BCUT2D eigenvalue weighted by atomic mass is 9.97. The predicted molar refractivity (Wildman–Crippen MR) is 74.8 cm³/mol. The molecule has 1 aromatic heterocycles. The molecule has 0 atom stereocenters. The lowest BCUT2D eigenvalue weighted by molar-refractivity contribution is 0.0702. The quantitative estimate of drug-likeness (QED) is 0.814. The van der Waals surface area contributed by atoms with E-state index >= 15 is 0 Å². The number of aromatic carboxylic acids is 1. The number of carbonyl (C=O) groups is 2. The zero-order valence-corrected chi connectivity index (χ0v) is 11.5. The van der Waals surface area contributed by atoms with Gasteiger partial charge in [-0.3, -0.25) is 4.79 Å². The molecular formula is C14H17NO3S. The molecule has 0 unspecified atom stereocenters. The maximum Gasteiger partial charge on any atom is 0.345 e. The number of carboxylic acids is 1. The molecule has 0 radical (unpaired) electrons. The van der Waals surface area contributed by atoms with Crippen molar-refractivity contribution in [2.45, 2.75) is 32.1 Å². The Labute approximate surface area is 116 Å². The zero-order valence-electron chi connectivity index (χ0n) is 10.6. The van der Waals surface area contributed by atoms with Crippen LogP contribution in [-0.2, 0) is 0 Å². The molecule has 0 aliphatic heterocycles. The van der Waals surface area contributed by atoms with Gasteiger partial charge < -0.3 is 10.4 Å². The van der Waals surface area contributed by atoms with Gasteiger partial charge in [-0.2, -0.15) is 0 Å². The molecule has 0 fully saturated rings. The van der Waals surface area contributed by atoms with Crippen LogP contribution in [0.4, 0.5) is 0 Å². The van der Waals surface area contributed by atoms with Crippen LogP contribution in [0.5, 0.6) is 0 Å². The zero-order chi connectivity index (χ0) is 13.7. The van der Waals surface area contributed by atoms with E-state index in [4.69, 9.17) is 5.11 Å². The van der Waals surface area contributed by atoms with Crippen LogP contribution < -0.4 is 5.32 Å². The fraction of sp³-hybridized carbons (Fsp3) is 0.429. The summed E-state index contributed by atoms with van der Waals surface area (Å²) in [5.41, 5.74) is 1.42. The summed E-state index contributed by atoms with van der Waals surface area (Å²) < 4.78 is 0. The molecule has 1 heterocycles. The minimum atomic E-state index is -0.989. The van der Waals surface area contributed by atoms with Gasteiger partial charge in [0.1, 0.15) is 4.88 Å². The number of carboxylic acid groups (broad SMARTS) is 1.